The fourth-order valence-corrected chi connectivity index (χ4v) is 3.67. The van der Waals surface area contributed by atoms with Gasteiger partial charge in [-0.1, -0.05) is 6.07 Å². The lowest BCUT2D eigenvalue weighted by Gasteiger charge is -2.26. The third-order valence-corrected chi connectivity index (χ3v) is 5.30. The Morgan fingerprint density at radius 3 is 2.89 bits per heavy atom. The molecule has 2 nitrogen and oxygen atoms in total. The van der Waals surface area contributed by atoms with Crippen LogP contribution in [-0.4, -0.2) is 24.2 Å². The Bertz CT molecular complexity index is 432. The largest absolute Gasteiger partial charge is 0.494 e. The van der Waals surface area contributed by atoms with Crippen LogP contribution in [0.15, 0.2) is 18.2 Å². The fraction of sp³-hybridized carbons (Fsp3) is 0.600. The van der Waals surface area contributed by atoms with Crippen molar-refractivity contribution in [1.29, 1.82) is 0 Å². The van der Waals surface area contributed by atoms with Crippen molar-refractivity contribution in [3.63, 3.8) is 0 Å². The molecule has 106 valence electrons. The molecule has 0 aliphatic carbocycles. The van der Waals surface area contributed by atoms with Gasteiger partial charge in [-0.3, -0.25) is 0 Å². The van der Waals surface area contributed by atoms with Crippen LogP contribution in [0.3, 0.4) is 0 Å². The highest BCUT2D eigenvalue weighted by molar-refractivity contribution is 8.00. The molecule has 2 atom stereocenters. The van der Waals surface area contributed by atoms with Gasteiger partial charge < -0.3 is 10.1 Å². The number of nitrogens with one attached hydrogen (secondary N) is 1. The summed E-state index contributed by atoms with van der Waals surface area (Å²) in [6, 6.07) is 5.32. The molecule has 0 bridgehead atoms. The van der Waals surface area contributed by atoms with Crippen molar-refractivity contribution in [2.45, 2.75) is 37.5 Å². The quantitative estimate of drug-likeness (QED) is 0.889. The average Bonchev–Trinajstić information content (AvgIpc) is 2.83. The number of benzene rings is 1. The number of rotatable bonds is 5. The van der Waals surface area contributed by atoms with E-state index in [1.807, 2.05) is 17.8 Å². The first-order valence-corrected chi connectivity index (χ1v) is 7.73. The Labute approximate surface area is 119 Å². The molecule has 1 heterocycles. The molecule has 0 amide bonds. The number of hydrogen-bond donors (Lipinski definition) is 1. The molecular weight excluding hydrogens is 261 g/mol. The molecule has 1 aromatic rings. The van der Waals surface area contributed by atoms with Gasteiger partial charge in [-0.05, 0) is 50.1 Å². The lowest BCUT2D eigenvalue weighted by Crippen LogP contribution is -2.34. The number of thioether (sulfide) groups is 1. The van der Waals surface area contributed by atoms with E-state index in [-0.39, 0.29) is 11.9 Å². The van der Waals surface area contributed by atoms with Gasteiger partial charge in [0, 0.05) is 17.3 Å². The minimum atomic E-state index is -0.296. The molecule has 2 rings (SSSR count). The van der Waals surface area contributed by atoms with Crippen LogP contribution in [0.5, 0.6) is 5.75 Å². The molecule has 0 aromatic heterocycles. The van der Waals surface area contributed by atoms with Crippen molar-refractivity contribution in [1.82, 2.24) is 5.32 Å². The second-order valence-corrected chi connectivity index (χ2v) is 7.08. The van der Waals surface area contributed by atoms with Gasteiger partial charge in [-0.2, -0.15) is 11.8 Å². The minimum absolute atomic E-state index is 0.151. The fourth-order valence-electron chi connectivity index (χ4n) is 2.42. The third kappa shape index (κ3) is 3.63. The van der Waals surface area contributed by atoms with E-state index < -0.39 is 0 Å². The summed E-state index contributed by atoms with van der Waals surface area (Å²) in [5.74, 6) is 1.26. The van der Waals surface area contributed by atoms with E-state index >= 15 is 0 Å². The van der Waals surface area contributed by atoms with Gasteiger partial charge in [0.05, 0.1) is 7.11 Å². The third-order valence-electron chi connectivity index (χ3n) is 3.76. The highest BCUT2D eigenvalue weighted by Crippen LogP contribution is 2.37. The molecule has 1 N–H and O–H groups in total. The van der Waals surface area contributed by atoms with Gasteiger partial charge in [0.1, 0.15) is 0 Å². The topological polar surface area (TPSA) is 21.3 Å². The molecular formula is C15H22FNOS. The standard InChI is InChI=1S/C15H22FNOS/c1-11(17-10-15(2)7-4-8-19-15)12-5-6-14(18-3)13(16)9-12/h5-6,9,11,17H,4,7-8,10H2,1-3H3. The molecule has 1 saturated heterocycles. The summed E-state index contributed by atoms with van der Waals surface area (Å²) in [7, 11) is 1.48. The maximum Gasteiger partial charge on any atom is 0.165 e. The van der Waals surface area contributed by atoms with Gasteiger partial charge in [0.25, 0.3) is 0 Å². The molecule has 19 heavy (non-hydrogen) atoms. The second kappa shape index (κ2) is 6.14. The summed E-state index contributed by atoms with van der Waals surface area (Å²) >= 11 is 2.03. The average molecular weight is 283 g/mol. The van der Waals surface area contributed by atoms with E-state index in [4.69, 9.17) is 4.74 Å². The normalized spacial score (nSPS) is 24.4. The summed E-state index contributed by atoms with van der Waals surface area (Å²) in [6.45, 7) is 5.34. The first-order chi connectivity index (χ1) is 9.04. The van der Waals surface area contributed by atoms with Crippen LogP contribution in [0.1, 0.15) is 38.3 Å². The lowest BCUT2D eigenvalue weighted by molar-refractivity contribution is 0.385. The smallest absolute Gasteiger partial charge is 0.165 e. The highest BCUT2D eigenvalue weighted by Gasteiger charge is 2.29. The predicted octanol–water partition coefficient (Wildman–Crippen LogP) is 3.77. The van der Waals surface area contributed by atoms with E-state index in [0.29, 0.717) is 10.5 Å². The summed E-state index contributed by atoms with van der Waals surface area (Å²) < 4.78 is 18.9. The summed E-state index contributed by atoms with van der Waals surface area (Å²) in [4.78, 5) is 0. The van der Waals surface area contributed by atoms with Crippen LogP contribution < -0.4 is 10.1 Å². The van der Waals surface area contributed by atoms with Crippen molar-refractivity contribution in [2.24, 2.45) is 0 Å². The van der Waals surface area contributed by atoms with Crippen LogP contribution in [0.25, 0.3) is 0 Å². The molecule has 0 radical (unpaired) electrons. The Kier molecular flexibility index (Phi) is 4.74. The molecule has 0 spiro atoms. The number of methoxy groups -OCH3 is 1. The Morgan fingerprint density at radius 1 is 1.53 bits per heavy atom. The van der Waals surface area contributed by atoms with E-state index in [9.17, 15) is 4.39 Å². The van der Waals surface area contributed by atoms with Crippen LogP contribution in [0, 0.1) is 5.82 Å². The Morgan fingerprint density at radius 2 is 2.32 bits per heavy atom. The predicted molar refractivity (Wildman–Crippen MR) is 79.5 cm³/mol. The molecule has 0 saturated carbocycles. The van der Waals surface area contributed by atoms with E-state index in [1.165, 1.54) is 25.7 Å². The summed E-state index contributed by atoms with van der Waals surface area (Å²) in [5.41, 5.74) is 0.963. The van der Waals surface area contributed by atoms with Crippen molar-refractivity contribution in [2.75, 3.05) is 19.4 Å². The van der Waals surface area contributed by atoms with Gasteiger partial charge in [-0.25, -0.2) is 4.39 Å². The molecule has 1 aliphatic rings. The minimum Gasteiger partial charge on any atom is -0.494 e. The molecule has 4 heteroatoms. The number of halogens is 1. The van der Waals surface area contributed by atoms with Gasteiger partial charge in [0.2, 0.25) is 0 Å². The first-order valence-electron chi connectivity index (χ1n) is 6.75. The van der Waals surface area contributed by atoms with Gasteiger partial charge in [0.15, 0.2) is 11.6 Å². The van der Waals surface area contributed by atoms with E-state index in [1.54, 1.807) is 12.1 Å². The maximum absolute atomic E-state index is 13.7. The highest BCUT2D eigenvalue weighted by atomic mass is 32.2. The van der Waals surface area contributed by atoms with E-state index in [2.05, 4.69) is 19.2 Å². The molecule has 1 aromatic carbocycles. The van der Waals surface area contributed by atoms with Crippen molar-refractivity contribution in [3.05, 3.63) is 29.6 Å². The zero-order valence-electron chi connectivity index (χ0n) is 11.8. The van der Waals surface area contributed by atoms with Crippen molar-refractivity contribution < 1.29 is 9.13 Å². The number of hydrogen-bond acceptors (Lipinski definition) is 3. The van der Waals surface area contributed by atoms with Crippen LogP contribution >= 0.6 is 11.8 Å². The zero-order valence-corrected chi connectivity index (χ0v) is 12.6. The van der Waals surface area contributed by atoms with Gasteiger partial charge >= 0.3 is 0 Å². The summed E-state index contributed by atoms with van der Waals surface area (Å²) in [6.07, 6.45) is 2.56. The van der Waals surface area contributed by atoms with Crippen molar-refractivity contribution >= 4 is 11.8 Å². The van der Waals surface area contributed by atoms with Crippen LogP contribution in [0.4, 0.5) is 4.39 Å². The SMILES string of the molecule is COc1ccc(C(C)NCC2(C)CCCS2)cc1F. The van der Waals surface area contributed by atoms with Crippen LogP contribution in [0.2, 0.25) is 0 Å². The monoisotopic (exact) mass is 283 g/mol. The lowest BCUT2D eigenvalue weighted by atomic mass is 10.0. The zero-order chi connectivity index (χ0) is 13.9. The molecule has 1 fully saturated rings. The van der Waals surface area contributed by atoms with Crippen LogP contribution in [-0.2, 0) is 0 Å². The first kappa shape index (κ1) is 14.7. The second-order valence-electron chi connectivity index (χ2n) is 5.40. The van der Waals surface area contributed by atoms with Gasteiger partial charge in [-0.15, -0.1) is 0 Å². The number of ether oxygens (including phenoxy) is 1. The van der Waals surface area contributed by atoms with Crippen molar-refractivity contribution in [3.8, 4) is 5.75 Å². The Hall–Kier alpha value is -0.740. The van der Waals surface area contributed by atoms with E-state index in [0.717, 1.165) is 12.1 Å². The maximum atomic E-state index is 13.7. The molecule has 2 unspecified atom stereocenters. The Balaban J connectivity index is 1.95. The molecule has 1 aliphatic heterocycles. The summed E-state index contributed by atoms with van der Waals surface area (Å²) in [5, 5.41) is 3.52.